The van der Waals surface area contributed by atoms with Crippen LogP contribution in [0.15, 0.2) is 83.9 Å². The molecule has 0 saturated heterocycles. The molecule has 47 heavy (non-hydrogen) atoms. The van der Waals surface area contributed by atoms with Gasteiger partial charge in [-0.3, -0.25) is 0 Å². The predicted octanol–water partition coefficient (Wildman–Crippen LogP) is 12.7. The van der Waals surface area contributed by atoms with Crippen LogP contribution in [0.25, 0.3) is 34.4 Å². The fourth-order valence-electron chi connectivity index (χ4n) is 9.12. The summed E-state index contributed by atoms with van der Waals surface area (Å²) in [5, 5.41) is 0. The van der Waals surface area contributed by atoms with Crippen molar-refractivity contribution in [3.05, 3.63) is 128 Å². The molecule has 0 N–H and O–H groups in total. The third-order valence-corrected chi connectivity index (χ3v) is 28.6. The molecule has 248 valence electrons. The zero-order chi connectivity index (χ0) is 32.1. The molecular formula is C43H54Cl2SiZr. The van der Waals surface area contributed by atoms with E-state index in [-0.39, 0.29) is 24.8 Å². The first kappa shape index (κ1) is 37.9. The van der Waals surface area contributed by atoms with Crippen LogP contribution in [0.3, 0.4) is 0 Å². The van der Waals surface area contributed by atoms with Gasteiger partial charge in [-0.05, 0) is 0 Å². The number of rotatable bonds is 9. The molecule has 2 aliphatic carbocycles. The Hall–Kier alpha value is -1.96. The SMILES string of the molecule is CCCc1ccc(-c2ccc(C)c3c2C=C(C)[CH]3[Zr]([CH3])([CH3])(=[SiH2])[CH]2C(CC)=Cc3c(-c4ccc(CCC)cc4)ccc(C)c32)cc1.Cl.Cl. The van der Waals surface area contributed by atoms with Gasteiger partial charge in [0.1, 0.15) is 0 Å². The summed E-state index contributed by atoms with van der Waals surface area (Å²) < 4.78 is 6.65. The molecule has 2 unspecified atom stereocenters. The molecule has 0 amide bonds. The second-order valence-corrected chi connectivity index (χ2v) is 45.6. The van der Waals surface area contributed by atoms with Gasteiger partial charge in [-0.25, -0.2) is 0 Å². The molecule has 4 aromatic rings. The second-order valence-electron chi connectivity index (χ2n) is 15.2. The molecule has 2 atom stereocenters. The molecule has 0 spiro atoms. The standard InChI is InChI=1S/C21H23.C20H21.2CH3.2ClH.H2Si.Zr/c1-4-6-17-8-10-18(11-9-17)19-12-7-15(3)20-13-16(5-2)14-21(19)20;1-4-5-16-7-9-17(10-8-16)18-11-6-15(3)19-12-14(2)13-20(18)19;;;;;;/h7-14H,4-6H2,1-3H3;6-13H,4-5H2,1-3H3;2*1H3;2*1H;1H2;. The van der Waals surface area contributed by atoms with E-state index in [2.05, 4.69) is 143 Å². The molecule has 6 rings (SSSR count). The average Bonchev–Trinajstić information content (AvgIpc) is 3.60. The maximum Gasteiger partial charge on any atom is -0.147 e. The van der Waals surface area contributed by atoms with Crippen molar-refractivity contribution in [2.24, 2.45) is 0 Å². The Balaban J connectivity index is 0.00000250. The van der Waals surface area contributed by atoms with Gasteiger partial charge in [-0.1, -0.05) is 0 Å². The summed E-state index contributed by atoms with van der Waals surface area (Å²) in [6.45, 7) is 16.6. The number of allylic oxidation sites excluding steroid dienone is 2. The number of hydrogen-bond donors (Lipinski definition) is 0. The Kier molecular flexibility index (Phi) is 11.7. The zero-order valence-electron chi connectivity index (χ0n) is 29.8. The molecule has 2 aliphatic rings. The van der Waals surface area contributed by atoms with E-state index in [0.717, 1.165) is 19.3 Å². The summed E-state index contributed by atoms with van der Waals surface area (Å²) in [6, 6.07) is 28.4. The first-order valence-corrected chi connectivity index (χ1v) is 31.1. The van der Waals surface area contributed by atoms with Gasteiger partial charge in [0.25, 0.3) is 0 Å². The number of aryl methyl sites for hydroxylation is 4. The van der Waals surface area contributed by atoms with E-state index >= 15 is 0 Å². The van der Waals surface area contributed by atoms with Crippen molar-refractivity contribution < 1.29 is 17.4 Å². The molecule has 0 nitrogen and oxygen atoms in total. The van der Waals surface area contributed by atoms with Gasteiger partial charge in [-0.2, -0.15) is 0 Å². The quantitative estimate of drug-likeness (QED) is 0.149. The number of halogens is 2. The van der Waals surface area contributed by atoms with E-state index in [1.807, 2.05) is 0 Å². The van der Waals surface area contributed by atoms with E-state index in [4.69, 9.17) is 0 Å². The van der Waals surface area contributed by atoms with Crippen molar-refractivity contribution in [2.45, 2.75) is 90.2 Å². The summed E-state index contributed by atoms with van der Waals surface area (Å²) >= 11 is -3.67. The van der Waals surface area contributed by atoms with Crippen LogP contribution in [0.1, 0.15) is 98.7 Å². The minimum Gasteiger partial charge on any atom is -0.147 e. The normalized spacial score (nSPS) is 16.9. The Labute approximate surface area is 299 Å². The van der Waals surface area contributed by atoms with E-state index < -0.39 is 17.4 Å². The number of fused-ring (bicyclic) bond motifs is 2. The fourth-order valence-corrected chi connectivity index (χ4v) is 29.9. The van der Waals surface area contributed by atoms with E-state index in [0.29, 0.717) is 7.25 Å². The minimum absolute atomic E-state index is 0. The molecule has 0 aliphatic heterocycles. The molecule has 4 heteroatoms. The maximum absolute atomic E-state index is 3.67. The van der Waals surface area contributed by atoms with Gasteiger partial charge in [0.15, 0.2) is 0 Å². The van der Waals surface area contributed by atoms with Crippen molar-refractivity contribution >= 4 is 43.8 Å². The molecule has 0 bridgehead atoms. The second kappa shape index (κ2) is 14.5. The molecular weight excluding hydrogens is 707 g/mol. The molecule has 0 saturated carbocycles. The molecule has 0 heterocycles. The van der Waals surface area contributed by atoms with E-state index in [1.165, 1.54) is 68.5 Å². The third kappa shape index (κ3) is 6.67. The summed E-state index contributed by atoms with van der Waals surface area (Å²) in [5.74, 6) is 0. The van der Waals surface area contributed by atoms with Crippen LogP contribution >= 0.6 is 24.8 Å². The van der Waals surface area contributed by atoms with Crippen molar-refractivity contribution in [3.8, 4) is 22.3 Å². The summed E-state index contributed by atoms with van der Waals surface area (Å²) in [4.78, 5) is 0. The van der Waals surface area contributed by atoms with Crippen molar-refractivity contribution in [2.75, 3.05) is 0 Å². The number of benzene rings is 4. The van der Waals surface area contributed by atoms with Crippen molar-refractivity contribution in [1.82, 2.24) is 0 Å². The Morgan fingerprint density at radius 1 is 0.574 bits per heavy atom. The zero-order valence-corrected chi connectivity index (χ0v) is 35.3. The summed E-state index contributed by atoms with van der Waals surface area (Å²) in [6.07, 6.45) is 11.0. The average molecular weight is 761 g/mol. The topological polar surface area (TPSA) is 0 Å². The molecule has 0 radical (unpaired) electrons. The third-order valence-electron chi connectivity index (χ3n) is 11.0. The van der Waals surface area contributed by atoms with Crippen LogP contribution in [0.5, 0.6) is 0 Å². The van der Waals surface area contributed by atoms with E-state index in [9.17, 15) is 0 Å². The minimum atomic E-state index is -3.67. The van der Waals surface area contributed by atoms with Gasteiger partial charge in [0.2, 0.25) is 0 Å². The molecule has 4 aromatic carbocycles. The molecule has 0 aromatic heterocycles. The van der Waals surface area contributed by atoms with Crippen LogP contribution in [0, 0.1) is 13.8 Å². The maximum atomic E-state index is 2.79. The fraction of sp³-hybridized carbons (Fsp3) is 0.349. The molecule has 0 fully saturated rings. The van der Waals surface area contributed by atoms with Crippen LogP contribution in [-0.4, -0.2) is 6.88 Å². The van der Waals surface area contributed by atoms with Crippen molar-refractivity contribution in [3.63, 3.8) is 0 Å². The predicted molar refractivity (Wildman–Crippen MR) is 213 cm³/mol. The van der Waals surface area contributed by atoms with Gasteiger partial charge in [0.05, 0.1) is 0 Å². The summed E-state index contributed by atoms with van der Waals surface area (Å²) in [5.41, 5.74) is 20.8. The van der Waals surface area contributed by atoms with Gasteiger partial charge in [0, 0.05) is 0 Å². The largest absolute Gasteiger partial charge is 0.147 e. The summed E-state index contributed by atoms with van der Waals surface area (Å²) in [7, 11) is 0. The van der Waals surface area contributed by atoms with Gasteiger partial charge >= 0.3 is 277 Å². The first-order chi connectivity index (χ1) is 21.5. The van der Waals surface area contributed by atoms with Crippen LogP contribution in [0.2, 0.25) is 9.26 Å². The Morgan fingerprint density at radius 3 is 1.43 bits per heavy atom. The Morgan fingerprint density at radius 2 is 1.00 bits per heavy atom. The van der Waals surface area contributed by atoms with Gasteiger partial charge in [-0.15, -0.1) is 24.8 Å². The van der Waals surface area contributed by atoms with Crippen LogP contribution < -0.4 is 0 Å². The van der Waals surface area contributed by atoms with E-state index in [1.54, 1.807) is 22.3 Å². The monoisotopic (exact) mass is 758 g/mol. The number of hydrogen-bond acceptors (Lipinski definition) is 0. The Bertz CT molecular complexity index is 1910. The van der Waals surface area contributed by atoms with Gasteiger partial charge < -0.3 is 0 Å². The van der Waals surface area contributed by atoms with Crippen LogP contribution in [-0.2, 0) is 30.2 Å². The van der Waals surface area contributed by atoms with Crippen LogP contribution in [0.4, 0.5) is 0 Å². The first-order valence-electron chi connectivity index (χ1n) is 17.4. The van der Waals surface area contributed by atoms with Crippen molar-refractivity contribution in [1.29, 1.82) is 0 Å². The smallest absolute Gasteiger partial charge is 0.147 e.